The first kappa shape index (κ1) is 17.8. The molecule has 0 spiro atoms. The predicted octanol–water partition coefficient (Wildman–Crippen LogP) is 5.74. The first-order valence-electron chi connectivity index (χ1n) is 8.52. The molecule has 0 aliphatic carbocycles. The van der Waals surface area contributed by atoms with Crippen LogP contribution in [0.3, 0.4) is 0 Å². The van der Waals surface area contributed by atoms with E-state index in [4.69, 9.17) is 4.74 Å². The largest absolute Gasteiger partial charge is 0.496 e. The number of piperidine rings is 1. The van der Waals surface area contributed by atoms with Gasteiger partial charge in [0.15, 0.2) is 0 Å². The normalized spacial score (nSPS) is 15.4. The molecule has 1 saturated heterocycles. The van der Waals surface area contributed by atoms with Crippen molar-refractivity contribution in [1.82, 2.24) is 4.90 Å². The van der Waals surface area contributed by atoms with Gasteiger partial charge in [-0.25, -0.2) is 0 Å². The van der Waals surface area contributed by atoms with Gasteiger partial charge in [0.1, 0.15) is 5.75 Å². The van der Waals surface area contributed by atoms with E-state index in [1.807, 2.05) is 23.9 Å². The van der Waals surface area contributed by atoms with Crippen LogP contribution in [0.5, 0.6) is 5.75 Å². The van der Waals surface area contributed by atoms with Gasteiger partial charge in [-0.15, -0.1) is 11.8 Å². The number of hydrogen-bond acceptors (Lipinski definition) is 3. The zero-order valence-electron chi connectivity index (χ0n) is 14.1. The summed E-state index contributed by atoms with van der Waals surface area (Å²) in [6, 6.07) is 15.0. The molecule has 2 nitrogen and oxygen atoms in total. The molecule has 3 rings (SSSR count). The van der Waals surface area contributed by atoms with E-state index >= 15 is 0 Å². The van der Waals surface area contributed by atoms with E-state index in [9.17, 15) is 0 Å². The van der Waals surface area contributed by atoms with E-state index < -0.39 is 0 Å². The third-order valence-electron chi connectivity index (χ3n) is 4.44. The molecule has 1 aliphatic heterocycles. The fraction of sp³-hybridized carbons (Fsp3) is 0.400. The van der Waals surface area contributed by atoms with Crippen molar-refractivity contribution in [2.45, 2.75) is 36.5 Å². The second-order valence-electron chi connectivity index (χ2n) is 6.19. The first-order chi connectivity index (χ1) is 11.8. The Labute approximate surface area is 157 Å². The third kappa shape index (κ3) is 4.78. The van der Waals surface area contributed by atoms with Gasteiger partial charge in [-0.3, -0.25) is 4.90 Å². The minimum atomic E-state index is 0.916. The van der Waals surface area contributed by atoms with Gasteiger partial charge >= 0.3 is 0 Å². The molecular formula is C20H24BrNOS. The zero-order chi connectivity index (χ0) is 16.8. The van der Waals surface area contributed by atoms with E-state index in [0.717, 1.165) is 22.5 Å². The van der Waals surface area contributed by atoms with Crippen molar-refractivity contribution in [2.75, 3.05) is 20.2 Å². The van der Waals surface area contributed by atoms with Crippen LogP contribution in [0.4, 0.5) is 0 Å². The summed E-state index contributed by atoms with van der Waals surface area (Å²) in [7, 11) is 1.74. The summed E-state index contributed by atoms with van der Waals surface area (Å²) < 4.78 is 6.60. The van der Waals surface area contributed by atoms with Crippen LogP contribution in [0.1, 0.15) is 30.4 Å². The summed E-state index contributed by atoms with van der Waals surface area (Å²) in [6.07, 6.45) is 4.06. The maximum atomic E-state index is 5.50. The van der Waals surface area contributed by atoms with Crippen molar-refractivity contribution in [1.29, 1.82) is 0 Å². The second-order valence-corrected chi connectivity index (χ2v) is 8.12. The SMILES string of the molecule is COc1ccc(Br)cc1CSc1ccccc1CN1CCCCC1. The molecule has 0 aromatic heterocycles. The molecule has 0 saturated carbocycles. The Kier molecular flexibility index (Phi) is 6.64. The Bertz CT molecular complexity index is 670. The van der Waals surface area contributed by atoms with E-state index in [0.29, 0.717) is 0 Å². The number of nitrogens with zero attached hydrogens (tertiary/aromatic N) is 1. The average Bonchev–Trinajstić information content (AvgIpc) is 2.62. The number of methoxy groups -OCH3 is 1. The van der Waals surface area contributed by atoms with Crippen LogP contribution >= 0.6 is 27.7 Å². The summed E-state index contributed by atoms with van der Waals surface area (Å²) >= 11 is 5.46. The molecule has 0 bridgehead atoms. The van der Waals surface area contributed by atoms with Gasteiger partial charge in [0.25, 0.3) is 0 Å². The molecule has 24 heavy (non-hydrogen) atoms. The van der Waals surface area contributed by atoms with Crippen molar-refractivity contribution >= 4 is 27.7 Å². The highest BCUT2D eigenvalue weighted by Crippen LogP contribution is 2.32. The molecule has 4 heteroatoms. The Morgan fingerprint density at radius 2 is 1.83 bits per heavy atom. The van der Waals surface area contributed by atoms with Crippen LogP contribution in [-0.2, 0) is 12.3 Å². The number of likely N-dealkylation sites (tertiary alicyclic amines) is 1. The minimum absolute atomic E-state index is 0.916. The number of hydrogen-bond donors (Lipinski definition) is 0. The van der Waals surface area contributed by atoms with Gasteiger partial charge in [-0.05, 0) is 55.8 Å². The summed E-state index contributed by atoms with van der Waals surface area (Å²) in [4.78, 5) is 3.97. The van der Waals surface area contributed by atoms with Crippen LogP contribution in [0, 0.1) is 0 Å². The molecule has 0 radical (unpaired) electrons. The van der Waals surface area contributed by atoms with Crippen molar-refractivity contribution < 1.29 is 4.74 Å². The smallest absolute Gasteiger partial charge is 0.122 e. The summed E-state index contributed by atoms with van der Waals surface area (Å²) in [5.74, 6) is 1.87. The van der Waals surface area contributed by atoms with E-state index in [2.05, 4.69) is 51.2 Å². The molecule has 128 valence electrons. The molecule has 1 fully saturated rings. The van der Waals surface area contributed by atoms with Gasteiger partial charge in [-0.1, -0.05) is 40.5 Å². The quantitative estimate of drug-likeness (QED) is 0.568. The van der Waals surface area contributed by atoms with E-state index in [-0.39, 0.29) is 0 Å². The first-order valence-corrected chi connectivity index (χ1v) is 10.3. The van der Waals surface area contributed by atoms with Gasteiger partial charge < -0.3 is 4.74 Å². The van der Waals surface area contributed by atoms with Gasteiger partial charge in [0.2, 0.25) is 0 Å². The number of benzene rings is 2. The molecule has 0 unspecified atom stereocenters. The summed E-state index contributed by atoms with van der Waals surface area (Å²) in [6.45, 7) is 3.54. The van der Waals surface area contributed by atoms with Crippen LogP contribution in [-0.4, -0.2) is 25.1 Å². The molecule has 0 N–H and O–H groups in total. The lowest BCUT2D eigenvalue weighted by Crippen LogP contribution is -2.29. The Balaban J connectivity index is 1.70. The minimum Gasteiger partial charge on any atom is -0.496 e. The number of thioether (sulfide) groups is 1. The predicted molar refractivity (Wildman–Crippen MR) is 106 cm³/mol. The monoisotopic (exact) mass is 405 g/mol. The Hall–Kier alpha value is -0.970. The van der Waals surface area contributed by atoms with Crippen molar-refractivity contribution in [3.63, 3.8) is 0 Å². The van der Waals surface area contributed by atoms with Gasteiger partial charge in [0, 0.05) is 27.2 Å². The standard InChI is InChI=1S/C20H24BrNOS/c1-23-19-10-9-18(21)13-17(19)15-24-20-8-4-3-7-16(20)14-22-11-5-2-6-12-22/h3-4,7-10,13H,2,5-6,11-12,14-15H2,1H3. The fourth-order valence-electron chi connectivity index (χ4n) is 3.15. The summed E-state index contributed by atoms with van der Waals surface area (Å²) in [5.41, 5.74) is 2.67. The van der Waals surface area contributed by atoms with Gasteiger partial charge in [0.05, 0.1) is 7.11 Å². The van der Waals surface area contributed by atoms with Crippen LogP contribution < -0.4 is 4.74 Å². The van der Waals surface area contributed by atoms with Crippen molar-refractivity contribution in [3.8, 4) is 5.75 Å². The lowest BCUT2D eigenvalue weighted by molar-refractivity contribution is 0.219. The summed E-state index contributed by atoms with van der Waals surface area (Å²) in [5, 5.41) is 0. The van der Waals surface area contributed by atoms with Crippen LogP contribution in [0.25, 0.3) is 0 Å². The van der Waals surface area contributed by atoms with Crippen molar-refractivity contribution in [2.24, 2.45) is 0 Å². The molecular weight excluding hydrogens is 382 g/mol. The lowest BCUT2D eigenvalue weighted by atomic mass is 10.1. The maximum Gasteiger partial charge on any atom is 0.122 e. The molecule has 0 atom stereocenters. The van der Waals surface area contributed by atoms with Crippen LogP contribution in [0.15, 0.2) is 51.8 Å². The molecule has 2 aromatic rings. The van der Waals surface area contributed by atoms with E-state index in [1.54, 1.807) is 7.11 Å². The highest BCUT2D eigenvalue weighted by atomic mass is 79.9. The van der Waals surface area contributed by atoms with Crippen LogP contribution in [0.2, 0.25) is 0 Å². The highest BCUT2D eigenvalue weighted by Gasteiger charge is 2.13. The fourth-order valence-corrected chi connectivity index (χ4v) is 4.59. The average molecular weight is 406 g/mol. The number of halogens is 1. The lowest BCUT2D eigenvalue weighted by Gasteiger charge is -2.27. The van der Waals surface area contributed by atoms with Gasteiger partial charge in [-0.2, -0.15) is 0 Å². The maximum absolute atomic E-state index is 5.50. The number of rotatable bonds is 6. The molecule has 2 aromatic carbocycles. The topological polar surface area (TPSA) is 12.5 Å². The zero-order valence-corrected chi connectivity index (χ0v) is 16.5. The number of ether oxygens (including phenoxy) is 1. The Morgan fingerprint density at radius 3 is 2.62 bits per heavy atom. The molecule has 1 heterocycles. The second kappa shape index (κ2) is 8.93. The Morgan fingerprint density at radius 1 is 1.04 bits per heavy atom. The van der Waals surface area contributed by atoms with Crippen molar-refractivity contribution in [3.05, 3.63) is 58.1 Å². The van der Waals surface area contributed by atoms with E-state index in [1.165, 1.54) is 48.4 Å². The molecule has 0 amide bonds. The highest BCUT2D eigenvalue weighted by molar-refractivity contribution is 9.10. The molecule has 1 aliphatic rings. The third-order valence-corrected chi connectivity index (χ3v) is 6.10.